The van der Waals surface area contributed by atoms with Crippen molar-refractivity contribution in [1.82, 2.24) is 0 Å². The third-order valence-electron chi connectivity index (χ3n) is 1.87. The molecular weight excluding hydrogens is 244 g/mol. The van der Waals surface area contributed by atoms with Gasteiger partial charge in [-0.2, -0.15) is 0 Å². The minimum Gasteiger partial charge on any atom is -0.563 e. The van der Waals surface area contributed by atoms with E-state index in [2.05, 4.69) is 0 Å². The highest BCUT2D eigenvalue weighted by Gasteiger charge is 2.44. The van der Waals surface area contributed by atoms with Crippen molar-refractivity contribution in [3.05, 3.63) is 10.4 Å². The first-order chi connectivity index (χ1) is 7.90. The minimum absolute atomic E-state index is 0.0999. The molecule has 0 radical (unpaired) electrons. The van der Waals surface area contributed by atoms with Gasteiger partial charge in [0.2, 0.25) is 0 Å². The average Bonchev–Trinajstić information content (AvgIpc) is 2.11. The van der Waals surface area contributed by atoms with Crippen molar-refractivity contribution in [3.63, 3.8) is 0 Å². The molecule has 0 spiro atoms. The Kier molecular flexibility index (Phi) is 4.66. The molecule has 0 aliphatic rings. The number of hydroxylamine groups is 2. The Bertz CT molecular complexity index is 350. The van der Waals surface area contributed by atoms with E-state index in [1.807, 2.05) is 0 Å². The fraction of sp³-hybridized carbons (Fsp3) is 0.800. The van der Waals surface area contributed by atoms with Gasteiger partial charge in [0, 0.05) is 41.5 Å². The molecule has 0 aromatic carbocycles. The molecule has 0 N–H and O–H groups in total. The molecule has 0 bridgehead atoms. The standard InChI is InChI=1S/C10H18N2O6/c1-7(13)17-9(3,4)11(15)12(16)10(5,6)18-8(2)14/h1-6H3/b12-11+. The Labute approximate surface area is 105 Å². The predicted molar refractivity (Wildman–Crippen MR) is 58.9 cm³/mol. The van der Waals surface area contributed by atoms with Crippen molar-refractivity contribution in [1.29, 1.82) is 0 Å². The van der Waals surface area contributed by atoms with Gasteiger partial charge in [-0.3, -0.25) is 9.59 Å². The van der Waals surface area contributed by atoms with Crippen molar-refractivity contribution < 1.29 is 28.8 Å². The van der Waals surface area contributed by atoms with Gasteiger partial charge in [-0.15, -0.1) is 0 Å². The van der Waals surface area contributed by atoms with Gasteiger partial charge in [0.1, 0.15) is 0 Å². The summed E-state index contributed by atoms with van der Waals surface area (Å²) in [7, 11) is 0. The Hall–Kier alpha value is -1.86. The highest BCUT2D eigenvalue weighted by atomic mass is 16.7. The molecule has 0 aromatic rings. The number of hydrogen-bond donors (Lipinski definition) is 0. The van der Waals surface area contributed by atoms with Gasteiger partial charge in [0.15, 0.2) is 0 Å². The van der Waals surface area contributed by atoms with Crippen LogP contribution in [0.15, 0.2) is 0 Å². The first kappa shape index (κ1) is 16.1. The Morgan fingerprint density at radius 2 is 1.06 bits per heavy atom. The van der Waals surface area contributed by atoms with Crippen LogP contribution >= 0.6 is 0 Å². The van der Waals surface area contributed by atoms with Crippen LogP contribution in [0.2, 0.25) is 0 Å². The van der Waals surface area contributed by atoms with Crippen LogP contribution in [-0.4, -0.2) is 33.1 Å². The maximum Gasteiger partial charge on any atom is 0.374 e. The molecule has 0 fully saturated rings. The summed E-state index contributed by atoms with van der Waals surface area (Å²) in [6.07, 6.45) is 0. The molecule has 0 aliphatic heterocycles. The van der Waals surface area contributed by atoms with Crippen LogP contribution in [0.25, 0.3) is 0 Å². The zero-order chi connectivity index (χ0) is 14.7. The third-order valence-corrected chi connectivity index (χ3v) is 1.87. The highest BCUT2D eigenvalue weighted by Crippen LogP contribution is 2.17. The summed E-state index contributed by atoms with van der Waals surface area (Å²) in [5, 5.41) is 23.6. The normalized spacial score (nSPS) is 13.7. The van der Waals surface area contributed by atoms with E-state index in [1.165, 1.54) is 27.7 Å². The third kappa shape index (κ3) is 4.19. The summed E-state index contributed by atoms with van der Waals surface area (Å²) >= 11 is 0. The van der Waals surface area contributed by atoms with Gasteiger partial charge in [-0.1, -0.05) is 0 Å². The molecule has 0 heterocycles. The van der Waals surface area contributed by atoms with E-state index in [0.717, 1.165) is 13.8 Å². The van der Waals surface area contributed by atoms with E-state index >= 15 is 0 Å². The topological polar surface area (TPSA) is 105 Å². The number of ether oxygens (including phenoxy) is 2. The summed E-state index contributed by atoms with van der Waals surface area (Å²) in [6, 6.07) is 0. The molecule has 0 unspecified atom stereocenters. The lowest BCUT2D eigenvalue weighted by molar-refractivity contribution is -1.04. The first-order valence-electron chi connectivity index (χ1n) is 5.24. The second-order valence-corrected chi connectivity index (χ2v) is 4.63. The SMILES string of the molecule is CC(=O)OC(C)(C)/[N+]([O-])=[N+](\[O-])C(C)(C)OC(C)=O. The van der Waals surface area contributed by atoms with Gasteiger partial charge in [0.25, 0.3) is 0 Å². The zero-order valence-corrected chi connectivity index (χ0v) is 11.3. The quantitative estimate of drug-likeness (QED) is 0.246. The van der Waals surface area contributed by atoms with Crippen molar-refractivity contribution in [2.45, 2.75) is 53.0 Å². The van der Waals surface area contributed by atoms with E-state index in [4.69, 9.17) is 9.47 Å². The lowest BCUT2D eigenvalue weighted by Gasteiger charge is -2.24. The maximum atomic E-state index is 11.8. The lowest BCUT2D eigenvalue weighted by atomic mass is 10.3. The second-order valence-electron chi connectivity index (χ2n) is 4.63. The Morgan fingerprint density at radius 1 is 0.833 bits per heavy atom. The second kappa shape index (κ2) is 5.19. The van der Waals surface area contributed by atoms with E-state index in [-0.39, 0.29) is 9.72 Å². The molecule has 8 heteroatoms. The van der Waals surface area contributed by atoms with Crippen LogP contribution in [-0.2, 0) is 19.1 Å². The fourth-order valence-electron chi connectivity index (χ4n) is 1.22. The van der Waals surface area contributed by atoms with Gasteiger partial charge < -0.3 is 19.9 Å². The first-order valence-corrected chi connectivity index (χ1v) is 5.24. The Morgan fingerprint density at radius 3 is 1.22 bits per heavy atom. The number of carbonyl (C=O) groups is 2. The summed E-state index contributed by atoms with van der Waals surface area (Å²) in [6.45, 7) is 7.21. The summed E-state index contributed by atoms with van der Waals surface area (Å²) in [5.41, 5.74) is -3.41. The van der Waals surface area contributed by atoms with Crippen LogP contribution in [0, 0.1) is 10.4 Å². The van der Waals surface area contributed by atoms with Gasteiger partial charge in [0.05, 0.1) is 9.72 Å². The molecule has 104 valence electrons. The van der Waals surface area contributed by atoms with Crippen LogP contribution in [0.3, 0.4) is 0 Å². The summed E-state index contributed by atoms with van der Waals surface area (Å²) in [5.74, 6) is -1.42. The molecule has 0 amide bonds. The van der Waals surface area contributed by atoms with Crippen LogP contribution in [0.5, 0.6) is 0 Å². The molecular formula is C10H18N2O6. The molecule has 0 atom stereocenters. The molecule has 0 aliphatic carbocycles. The van der Waals surface area contributed by atoms with E-state index in [0.29, 0.717) is 0 Å². The highest BCUT2D eigenvalue weighted by molar-refractivity contribution is 5.66. The number of rotatable bonds is 4. The number of nitrogens with zero attached hydrogens (tertiary/aromatic N) is 2. The average molecular weight is 262 g/mol. The number of hydrogen-bond acceptors (Lipinski definition) is 6. The molecule has 0 saturated carbocycles. The van der Waals surface area contributed by atoms with Crippen LogP contribution in [0.1, 0.15) is 41.5 Å². The van der Waals surface area contributed by atoms with Gasteiger partial charge >= 0.3 is 23.4 Å². The molecule has 0 aromatic heterocycles. The van der Waals surface area contributed by atoms with Crippen molar-refractivity contribution >= 4 is 11.9 Å². The van der Waals surface area contributed by atoms with Crippen molar-refractivity contribution in [2.75, 3.05) is 0 Å². The van der Waals surface area contributed by atoms with E-state index in [9.17, 15) is 20.0 Å². The molecule has 0 saturated heterocycles. The number of esters is 2. The van der Waals surface area contributed by atoms with Crippen molar-refractivity contribution in [2.24, 2.45) is 0 Å². The minimum atomic E-state index is -1.70. The predicted octanol–water partition coefficient (Wildman–Crippen LogP) is 1.06. The van der Waals surface area contributed by atoms with Crippen LogP contribution < -0.4 is 0 Å². The molecule has 18 heavy (non-hydrogen) atoms. The summed E-state index contributed by atoms with van der Waals surface area (Å²) in [4.78, 5) is 21.4. The van der Waals surface area contributed by atoms with Crippen LogP contribution in [0.4, 0.5) is 0 Å². The van der Waals surface area contributed by atoms with Gasteiger partial charge in [-0.05, 0) is 0 Å². The fourth-order valence-corrected chi connectivity index (χ4v) is 1.22. The monoisotopic (exact) mass is 262 g/mol. The molecule has 0 rings (SSSR count). The number of carbonyl (C=O) groups excluding carboxylic acids is 2. The summed E-state index contributed by atoms with van der Waals surface area (Å²) < 4.78 is 9.43. The largest absolute Gasteiger partial charge is 0.563 e. The smallest absolute Gasteiger partial charge is 0.374 e. The lowest BCUT2D eigenvalue weighted by Crippen LogP contribution is -2.48. The Balaban J connectivity index is 5.33. The van der Waals surface area contributed by atoms with Crippen molar-refractivity contribution in [3.8, 4) is 0 Å². The molecule has 8 nitrogen and oxygen atoms in total. The number of azo groups is 1. The maximum absolute atomic E-state index is 11.8. The van der Waals surface area contributed by atoms with E-state index < -0.39 is 23.4 Å². The van der Waals surface area contributed by atoms with E-state index in [1.54, 1.807) is 0 Å². The zero-order valence-electron chi connectivity index (χ0n) is 11.3. The van der Waals surface area contributed by atoms with Gasteiger partial charge in [-0.25, -0.2) is 0 Å².